The Morgan fingerprint density at radius 1 is 1.19 bits per heavy atom. The summed E-state index contributed by atoms with van der Waals surface area (Å²) in [5.41, 5.74) is 13.7. The number of benzene rings is 2. The maximum atomic E-state index is 9.22. The van der Waals surface area contributed by atoms with E-state index >= 15 is 0 Å². The van der Waals surface area contributed by atoms with E-state index in [1.165, 1.54) is 0 Å². The van der Waals surface area contributed by atoms with Crippen molar-refractivity contribution >= 4 is 0 Å². The fourth-order valence-electron chi connectivity index (χ4n) is 3.43. The zero-order valence-corrected chi connectivity index (χ0v) is 15.5. The Hall–Kier alpha value is -3.10. The normalized spacial score (nSPS) is 10.6. The highest BCUT2D eigenvalue weighted by molar-refractivity contribution is 5.83. The van der Waals surface area contributed by atoms with Gasteiger partial charge in [0.05, 0.1) is 30.4 Å². The third-order valence-corrected chi connectivity index (χ3v) is 4.60. The smallest absolute Gasteiger partial charge is 0.137 e. The molecule has 2 aromatic carbocycles. The van der Waals surface area contributed by atoms with Crippen molar-refractivity contribution in [3.8, 4) is 34.3 Å². The molecule has 0 bridgehead atoms. The SMILES string of the molecule is COc1cc(-c2c(-c3c(C)cc(CN)cc3C)ncn2C)ccc1C#N. The predicted octanol–water partition coefficient (Wildman–Crippen LogP) is 3.71. The van der Waals surface area contributed by atoms with Crippen molar-refractivity contribution in [1.82, 2.24) is 9.55 Å². The van der Waals surface area contributed by atoms with E-state index in [4.69, 9.17) is 10.5 Å². The molecule has 26 heavy (non-hydrogen) atoms. The van der Waals surface area contributed by atoms with Gasteiger partial charge >= 0.3 is 0 Å². The van der Waals surface area contributed by atoms with Crippen LogP contribution >= 0.6 is 0 Å². The number of aryl methyl sites for hydroxylation is 3. The number of imidazole rings is 1. The molecule has 0 aliphatic heterocycles. The zero-order chi connectivity index (χ0) is 18.8. The number of nitriles is 1. The van der Waals surface area contributed by atoms with Crippen molar-refractivity contribution in [3.05, 3.63) is 58.9 Å². The van der Waals surface area contributed by atoms with Gasteiger partial charge in [-0.25, -0.2) is 4.98 Å². The quantitative estimate of drug-likeness (QED) is 0.781. The summed E-state index contributed by atoms with van der Waals surface area (Å²) in [6, 6.07) is 12.0. The first-order valence-corrected chi connectivity index (χ1v) is 8.40. The first-order valence-electron chi connectivity index (χ1n) is 8.40. The second-order valence-electron chi connectivity index (χ2n) is 6.39. The molecule has 0 atom stereocenters. The molecular weight excluding hydrogens is 324 g/mol. The molecule has 0 saturated carbocycles. The van der Waals surface area contributed by atoms with Crippen molar-refractivity contribution in [2.24, 2.45) is 12.8 Å². The first kappa shape index (κ1) is 17.7. The largest absolute Gasteiger partial charge is 0.495 e. The van der Waals surface area contributed by atoms with Gasteiger partial charge in [-0.15, -0.1) is 0 Å². The van der Waals surface area contributed by atoms with Crippen LogP contribution in [0, 0.1) is 25.2 Å². The van der Waals surface area contributed by atoms with Gasteiger partial charge in [-0.1, -0.05) is 18.2 Å². The highest BCUT2D eigenvalue weighted by Gasteiger charge is 2.18. The summed E-state index contributed by atoms with van der Waals surface area (Å²) in [5.74, 6) is 0.559. The molecule has 3 rings (SSSR count). The molecular formula is C21H22N4O. The Kier molecular flexibility index (Phi) is 4.79. The van der Waals surface area contributed by atoms with E-state index in [0.717, 1.165) is 39.2 Å². The monoisotopic (exact) mass is 346 g/mol. The van der Waals surface area contributed by atoms with Crippen LogP contribution < -0.4 is 10.5 Å². The Bertz CT molecular complexity index is 988. The minimum Gasteiger partial charge on any atom is -0.495 e. The molecule has 0 amide bonds. The van der Waals surface area contributed by atoms with Gasteiger partial charge in [0.2, 0.25) is 0 Å². The average Bonchev–Trinajstić information content (AvgIpc) is 3.01. The van der Waals surface area contributed by atoms with E-state index in [0.29, 0.717) is 17.9 Å². The molecule has 0 spiro atoms. The first-order chi connectivity index (χ1) is 12.5. The minimum atomic E-state index is 0.514. The highest BCUT2D eigenvalue weighted by Crippen LogP contribution is 2.36. The van der Waals surface area contributed by atoms with Crippen LogP contribution in [-0.4, -0.2) is 16.7 Å². The Morgan fingerprint density at radius 3 is 2.46 bits per heavy atom. The van der Waals surface area contributed by atoms with Crippen LogP contribution in [0.4, 0.5) is 0 Å². The summed E-state index contributed by atoms with van der Waals surface area (Å²) in [6.45, 7) is 4.68. The van der Waals surface area contributed by atoms with Gasteiger partial charge in [0.15, 0.2) is 0 Å². The minimum absolute atomic E-state index is 0.514. The number of ether oxygens (including phenoxy) is 1. The van der Waals surface area contributed by atoms with Crippen molar-refractivity contribution in [2.45, 2.75) is 20.4 Å². The average molecular weight is 346 g/mol. The van der Waals surface area contributed by atoms with Crippen LogP contribution in [-0.2, 0) is 13.6 Å². The van der Waals surface area contributed by atoms with E-state index in [1.54, 1.807) is 13.2 Å². The van der Waals surface area contributed by atoms with E-state index in [9.17, 15) is 5.26 Å². The number of methoxy groups -OCH3 is 1. The lowest BCUT2D eigenvalue weighted by Crippen LogP contribution is -2.00. The predicted molar refractivity (Wildman–Crippen MR) is 103 cm³/mol. The fourth-order valence-corrected chi connectivity index (χ4v) is 3.43. The van der Waals surface area contributed by atoms with Gasteiger partial charge in [0, 0.05) is 24.7 Å². The standard InChI is InChI=1S/C21H22N4O/c1-13-7-15(10-22)8-14(2)19(13)20-21(25(3)12-24-20)16-5-6-17(11-23)18(9-16)26-4/h5-9,12H,10,22H2,1-4H3. The van der Waals surface area contributed by atoms with E-state index in [2.05, 4.69) is 37.0 Å². The molecule has 0 unspecified atom stereocenters. The lowest BCUT2D eigenvalue weighted by Gasteiger charge is -2.14. The molecule has 3 aromatic rings. The summed E-state index contributed by atoms with van der Waals surface area (Å²) in [6.07, 6.45) is 1.81. The van der Waals surface area contributed by atoms with Gasteiger partial charge in [0.25, 0.3) is 0 Å². The number of nitrogens with zero attached hydrogens (tertiary/aromatic N) is 3. The maximum absolute atomic E-state index is 9.22. The molecule has 0 aliphatic carbocycles. The van der Waals surface area contributed by atoms with Crippen LogP contribution in [0.3, 0.4) is 0 Å². The Labute approximate surface area is 153 Å². The molecule has 5 nitrogen and oxygen atoms in total. The van der Waals surface area contributed by atoms with Crippen molar-refractivity contribution in [2.75, 3.05) is 7.11 Å². The van der Waals surface area contributed by atoms with E-state index < -0.39 is 0 Å². The molecule has 0 fully saturated rings. The third kappa shape index (κ3) is 2.96. The number of aromatic nitrogens is 2. The highest BCUT2D eigenvalue weighted by atomic mass is 16.5. The molecule has 2 N–H and O–H groups in total. The van der Waals surface area contributed by atoms with Crippen molar-refractivity contribution in [1.29, 1.82) is 5.26 Å². The fraction of sp³-hybridized carbons (Fsp3) is 0.238. The van der Waals surface area contributed by atoms with Crippen molar-refractivity contribution < 1.29 is 4.74 Å². The summed E-state index contributed by atoms with van der Waals surface area (Å²) in [7, 11) is 3.54. The molecule has 1 aromatic heterocycles. The van der Waals surface area contributed by atoms with E-state index in [1.807, 2.05) is 30.1 Å². The third-order valence-electron chi connectivity index (χ3n) is 4.60. The lowest BCUT2D eigenvalue weighted by atomic mass is 9.94. The van der Waals surface area contributed by atoms with Gasteiger partial charge in [-0.05, 0) is 42.7 Å². The van der Waals surface area contributed by atoms with Crippen LogP contribution in [0.15, 0.2) is 36.7 Å². The molecule has 0 saturated heterocycles. The van der Waals surface area contributed by atoms with Crippen LogP contribution in [0.5, 0.6) is 5.75 Å². The van der Waals surface area contributed by atoms with Crippen molar-refractivity contribution in [3.63, 3.8) is 0 Å². The summed E-state index contributed by atoms with van der Waals surface area (Å²) in [4.78, 5) is 4.66. The van der Waals surface area contributed by atoms with Crippen LogP contribution in [0.2, 0.25) is 0 Å². The van der Waals surface area contributed by atoms with Gasteiger partial charge in [-0.3, -0.25) is 0 Å². The maximum Gasteiger partial charge on any atom is 0.137 e. The number of hydrogen-bond donors (Lipinski definition) is 1. The summed E-state index contributed by atoms with van der Waals surface area (Å²) < 4.78 is 7.36. The number of nitrogens with two attached hydrogens (primary N) is 1. The van der Waals surface area contributed by atoms with Gasteiger partial charge in [0.1, 0.15) is 11.8 Å². The zero-order valence-electron chi connectivity index (χ0n) is 15.5. The molecule has 1 heterocycles. The number of hydrogen-bond acceptors (Lipinski definition) is 4. The Morgan fingerprint density at radius 2 is 1.88 bits per heavy atom. The second-order valence-corrected chi connectivity index (χ2v) is 6.39. The van der Waals surface area contributed by atoms with Gasteiger partial charge < -0.3 is 15.0 Å². The second kappa shape index (κ2) is 7.03. The number of rotatable bonds is 4. The van der Waals surface area contributed by atoms with Crippen LogP contribution in [0.25, 0.3) is 22.5 Å². The lowest BCUT2D eigenvalue weighted by molar-refractivity contribution is 0.413. The molecule has 0 radical (unpaired) electrons. The molecule has 5 heteroatoms. The molecule has 0 aliphatic rings. The van der Waals surface area contributed by atoms with Crippen LogP contribution in [0.1, 0.15) is 22.3 Å². The molecule has 132 valence electrons. The summed E-state index contributed by atoms with van der Waals surface area (Å²) in [5, 5.41) is 9.22. The Balaban J connectivity index is 2.23. The van der Waals surface area contributed by atoms with Gasteiger partial charge in [-0.2, -0.15) is 5.26 Å². The summed E-state index contributed by atoms with van der Waals surface area (Å²) >= 11 is 0. The van der Waals surface area contributed by atoms with E-state index in [-0.39, 0.29) is 0 Å². The topological polar surface area (TPSA) is 76.9 Å².